The molecular formula is C25H32O4Si. The molecule has 0 spiro atoms. The van der Waals surface area contributed by atoms with E-state index < -0.39 is 20.5 Å². The van der Waals surface area contributed by atoms with Crippen LogP contribution in [0.4, 0.5) is 0 Å². The van der Waals surface area contributed by atoms with Gasteiger partial charge in [0.05, 0.1) is 5.56 Å². The van der Waals surface area contributed by atoms with Crippen molar-refractivity contribution in [2.45, 2.75) is 70.4 Å². The first-order valence-corrected chi connectivity index (χ1v) is 13.5. The van der Waals surface area contributed by atoms with Crippen LogP contribution in [0, 0.1) is 0 Å². The monoisotopic (exact) mass is 424 g/mol. The van der Waals surface area contributed by atoms with E-state index in [0.717, 1.165) is 11.1 Å². The van der Waals surface area contributed by atoms with Crippen LogP contribution in [0.1, 0.15) is 61.2 Å². The molecule has 0 aromatic heterocycles. The fraction of sp³-hybridized carbons (Fsp3) is 0.440. The predicted octanol–water partition coefficient (Wildman–Crippen LogP) is 5.88. The zero-order valence-electron chi connectivity index (χ0n) is 18.6. The Labute approximate surface area is 180 Å². The fourth-order valence-corrected chi connectivity index (χ4v) is 4.73. The van der Waals surface area contributed by atoms with E-state index in [2.05, 4.69) is 33.9 Å². The summed E-state index contributed by atoms with van der Waals surface area (Å²) in [4.78, 5) is 26.3. The Morgan fingerprint density at radius 1 is 0.933 bits per heavy atom. The zero-order valence-corrected chi connectivity index (χ0v) is 19.6. The van der Waals surface area contributed by atoms with Gasteiger partial charge in [0.2, 0.25) is 0 Å². The van der Waals surface area contributed by atoms with E-state index in [0.29, 0.717) is 24.8 Å². The lowest BCUT2D eigenvalue weighted by molar-refractivity contribution is -0.128. The number of benzene rings is 2. The maximum Gasteiger partial charge on any atom is 0.339 e. The van der Waals surface area contributed by atoms with Gasteiger partial charge in [0.15, 0.2) is 14.1 Å². The lowest BCUT2D eigenvalue weighted by atomic mass is 9.95. The standard InChI is InChI=1S/C25H32O4Si/c1-25(2,3)30(4,5)29-23-17-22(19-12-7-6-8-13-19)28-24(27)20-14-10-9-11-18(20)15-16-21(23)26/h6-14,22-23H,15-17H2,1-5H3/t22-,23-/m1/s1. The van der Waals surface area contributed by atoms with Crippen molar-refractivity contribution in [1.82, 2.24) is 0 Å². The van der Waals surface area contributed by atoms with Crippen LogP contribution in [0.2, 0.25) is 18.1 Å². The van der Waals surface area contributed by atoms with E-state index in [1.54, 1.807) is 6.07 Å². The van der Waals surface area contributed by atoms with Crippen LogP contribution in [0.5, 0.6) is 0 Å². The number of Topliss-reactive ketones (excluding diaryl/α,β-unsaturated/α-hetero) is 1. The maximum atomic E-state index is 13.3. The Bertz CT molecular complexity index is 899. The van der Waals surface area contributed by atoms with Gasteiger partial charge in [-0.25, -0.2) is 4.79 Å². The number of ketones is 1. The van der Waals surface area contributed by atoms with Gasteiger partial charge in [0, 0.05) is 12.8 Å². The van der Waals surface area contributed by atoms with Gasteiger partial charge in [-0.1, -0.05) is 69.3 Å². The van der Waals surface area contributed by atoms with Crippen molar-refractivity contribution < 1.29 is 18.8 Å². The number of esters is 1. The van der Waals surface area contributed by atoms with Gasteiger partial charge in [0.25, 0.3) is 0 Å². The van der Waals surface area contributed by atoms with Gasteiger partial charge >= 0.3 is 5.97 Å². The average molecular weight is 425 g/mol. The Morgan fingerprint density at radius 2 is 1.57 bits per heavy atom. The number of fused-ring (bicyclic) bond motifs is 1. The molecule has 1 aliphatic rings. The minimum atomic E-state index is -2.18. The second kappa shape index (κ2) is 8.86. The number of hydrogen-bond donors (Lipinski definition) is 0. The Morgan fingerprint density at radius 3 is 2.23 bits per heavy atom. The van der Waals surface area contributed by atoms with Crippen molar-refractivity contribution >= 4 is 20.1 Å². The van der Waals surface area contributed by atoms with Crippen molar-refractivity contribution in [3.63, 3.8) is 0 Å². The number of hydrogen-bond acceptors (Lipinski definition) is 4. The predicted molar refractivity (Wildman–Crippen MR) is 121 cm³/mol. The minimum absolute atomic E-state index is 0.0197. The SMILES string of the molecule is CC(C)(C)[Si](C)(C)O[C@@H]1C[C@H](c2ccccc2)OC(=O)c2ccccc2CCC1=O. The number of ether oxygens (including phenoxy) is 1. The molecule has 0 radical (unpaired) electrons. The molecule has 0 N–H and O–H groups in total. The van der Waals surface area contributed by atoms with Gasteiger partial charge < -0.3 is 9.16 Å². The molecule has 0 saturated carbocycles. The smallest absolute Gasteiger partial charge is 0.339 e. The van der Waals surface area contributed by atoms with Crippen LogP contribution < -0.4 is 0 Å². The molecule has 0 unspecified atom stereocenters. The Kier molecular flexibility index (Phi) is 6.63. The topological polar surface area (TPSA) is 52.6 Å². The molecule has 0 bridgehead atoms. The number of carbonyl (C=O) groups excluding carboxylic acids is 2. The molecule has 2 atom stereocenters. The van der Waals surface area contributed by atoms with Crippen LogP contribution in [-0.2, 0) is 20.4 Å². The highest BCUT2D eigenvalue weighted by molar-refractivity contribution is 6.74. The van der Waals surface area contributed by atoms with Crippen molar-refractivity contribution in [3.8, 4) is 0 Å². The summed E-state index contributed by atoms with van der Waals surface area (Å²) in [6.07, 6.45) is 0.0731. The third-order valence-corrected chi connectivity index (χ3v) is 10.8. The van der Waals surface area contributed by atoms with E-state index in [-0.39, 0.29) is 16.8 Å². The van der Waals surface area contributed by atoms with Crippen LogP contribution >= 0.6 is 0 Å². The molecule has 4 nitrogen and oxygen atoms in total. The van der Waals surface area contributed by atoms with E-state index in [1.807, 2.05) is 48.5 Å². The summed E-state index contributed by atoms with van der Waals surface area (Å²) in [5, 5.41) is -0.0197. The maximum absolute atomic E-state index is 13.3. The number of aryl methyl sites for hydroxylation is 1. The minimum Gasteiger partial charge on any atom is -0.454 e. The van der Waals surface area contributed by atoms with Crippen LogP contribution in [0.3, 0.4) is 0 Å². The quantitative estimate of drug-likeness (QED) is 0.456. The second-order valence-corrected chi connectivity index (χ2v) is 14.3. The summed E-state index contributed by atoms with van der Waals surface area (Å²) in [7, 11) is -2.18. The van der Waals surface area contributed by atoms with Crippen LogP contribution in [-0.4, -0.2) is 26.2 Å². The van der Waals surface area contributed by atoms with Gasteiger partial charge in [-0.05, 0) is 41.7 Å². The molecule has 0 saturated heterocycles. The molecule has 0 amide bonds. The van der Waals surface area contributed by atoms with Crippen LogP contribution in [0.25, 0.3) is 0 Å². The van der Waals surface area contributed by atoms with Gasteiger partial charge in [-0.3, -0.25) is 4.79 Å². The van der Waals surface area contributed by atoms with E-state index in [4.69, 9.17) is 9.16 Å². The van der Waals surface area contributed by atoms with Gasteiger partial charge in [-0.15, -0.1) is 0 Å². The fourth-order valence-electron chi connectivity index (χ4n) is 3.44. The molecular weight excluding hydrogens is 392 g/mol. The highest BCUT2D eigenvalue weighted by atomic mass is 28.4. The van der Waals surface area contributed by atoms with Crippen molar-refractivity contribution in [1.29, 1.82) is 0 Å². The molecule has 5 heteroatoms. The summed E-state index contributed by atoms with van der Waals surface area (Å²) in [5.74, 6) is -0.270. The molecule has 0 aliphatic carbocycles. The molecule has 2 aromatic rings. The summed E-state index contributed by atoms with van der Waals surface area (Å²) in [6.45, 7) is 10.8. The summed E-state index contributed by atoms with van der Waals surface area (Å²) in [5.41, 5.74) is 2.26. The third-order valence-electron chi connectivity index (χ3n) is 6.33. The summed E-state index contributed by atoms with van der Waals surface area (Å²) in [6, 6.07) is 17.0. The third kappa shape index (κ3) is 5.08. The Balaban J connectivity index is 1.99. The van der Waals surface area contributed by atoms with E-state index in [9.17, 15) is 9.59 Å². The highest BCUT2D eigenvalue weighted by Crippen LogP contribution is 2.39. The first-order valence-electron chi connectivity index (χ1n) is 10.6. The molecule has 0 fully saturated rings. The Hall–Kier alpha value is -2.24. The molecule has 2 aromatic carbocycles. The van der Waals surface area contributed by atoms with Gasteiger partial charge in [-0.2, -0.15) is 0 Å². The molecule has 160 valence electrons. The van der Waals surface area contributed by atoms with Crippen molar-refractivity contribution in [2.24, 2.45) is 0 Å². The molecule has 1 aliphatic heterocycles. The first-order chi connectivity index (χ1) is 14.1. The summed E-state index contributed by atoms with van der Waals surface area (Å²) >= 11 is 0. The van der Waals surface area contributed by atoms with E-state index >= 15 is 0 Å². The largest absolute Gasteiger partial charge is 0.454 e. The highest BCUT2D eigenvalue weighted by Gasteiger charge is 2.41. The molecule has 30 heavy (non-hydrogen) atoms. The number of cyclic esters (lactones) is 1. The average Bonchev–Trinajstić information content (AvgIpc) is 2.70. The van der Waals surface area contributed by atoms with E-state index in [1.165, 1.54) is 0 Å². The summed E-state index contributed by atoms with van der Waals surface area (Å²) < 4.78 is 12.5. The zero-order chi connectivity index (χ0) is 21.9. The second-order valence-electron chi connectivity index (χ2n) is 9.53. The number of rotatable bonds is 3. The van der Waals surface area contributed by atoms with Crippen LogP contribution in [0.15, 0.2) is 54.6 Å². The first kappa shape index (κ1) is 22.4. The van der Waals surface area contributed by atoms with Crippen molar-refractivity contribution in [3.05, 3.63) is 71.3 Å². The molecule has 1 heterocycles. The number of carbonyl (C=O) groups is 2. The molecule has 3 rings (SSSR count). The van der Waals surface area contributed by atoms with Gasteiger partial charge in [0.1, 0.15) is 12.2 Å². The van der Waals surface area contributed by atoms with Crippen molar-refractivity contribution in [2.75, 3.05) is 0 Å². The lowest BCUT2D eigenvalue weighted by Crippen LogP contribution is -2.46. The lowest BCUT2D eigenvalue weighted by Gasteiger charge is -2.39. The normalized spacial score (nSPS) is 21.0.